The molecule has 1 N–H and O–H groups in total. The van der Waals surface area contributed by atoms with Crippen LogP contribution in [0.2, 0.25) is 0 Å². The minimum atomic E-state index is -0.657. The lowest BCUT2D eigenvalue weighted by Crippen LogP contribution is -2.11. The first kappa shape index (κ1) is 12.5. The van der Waals surface area contributed by atoms with Crippen molar-refractivity contribution in [1.82, 2.24) is 9.97 Å². The molecule has 2 rings (SSSR count). The molecule has 0 aliphatic rings. The van der Waals surface area contributed by atoms with Gasteiger partial charge in [0.2, 0.25) is 0 Å². The van der Waals surface area contributed by atoms with E-state index in [0.717, 1.165) is 22.6 Å². The Morgan fingerprint density at radius 1 is 1.11 bits per heavy atom. The van der Waals surface area contributed by atoms with Crippen LogP contribution in [0.25, 0.3) is 0 Å². The number of anilines is 1. The van der Waals surface area contributed by atoms with Gasteiger partial charge < -0.3 is 10.0 Å². The first-order chi connectivity index (χ1) is 8.58. The van der Waals surface area contributed by atoms with Crippen molar-refractivity contribution in [3.05, 3.63) is 53.5 Å². The van der Waals surface area contributed by atoms with E-state index in [4.69, 9.17) is 0 Å². The topological polar surface area (TPSA) is 49.2 Å². The summed E-state index contributed by atoms with van der Waals surface area (Å²) in [4.78, 5) is 10.3. The normalized spacial score (nSPS) is 12.2. The van der Waals surface area contributed by atoms with E-state index in [0.29, 0.717) is 0 Å². The maximum atomic E-state index is 10.3. The minimum absolute atomic E-state index is 0.657. The summed E-state index contributed by atoms with van der Waals surface area (Å²) in [5.74, 6) is 0.872. The van der Waals surface area contributed by atoms with Gasteiger partial charge in [0, 0.05) is 37.7 Å². The Morgan fingerprint density at radius 3 is 2.44 bits per heavy atom. The van der Waals surface area contributed by atoms with Crippen LogP contribution in [0.3, 0.4) is 0 Å². The molecule has 0 saturated heterocycles. The number of aromatic nitrogens is 2. The highest BCUT2D eigenvalue weighted by Gasteiger charge is 2.11. The molecular formula is C14H17N3O. The monoisotopic (exact) mass is 243 g/mol. The van der Waals surface area contributed by atoms with Gasteiger partial charge in [-0.2, -0.15) is 0 Å². The lowest BCUT2D eigenvalue weighted by Gasteiger charge is -2.14. The van der Waals surface area contributed by atoms with Gasteiger partial charge in [0.15, 0.2) is 0 Å². The molecule has 0 saturated carbocycles. The molecule has 1 unspecified atom stereocenters. The molecular weight excluding hydrogens is 226 g/mol. The highest BCUT2D eigenvalue weighted by Crippen LogP contribution is 2.22. The number of hydrogen-bond donors (Lipinski definition) is 1. The molecule has 0 bridgehead atoms. The fraction of sp³-hybridized carbons (Fsp3) is 0.286. The summed E-state index contributed by atoms with van der Waals surface area (Å²) in [6.07, 6.45) is 2.75. The third-order valence-electron chi connectivity index (χ3n) is 2.78. The van der Waals surface area contributed by atoms with Crippen LogP contribution in [0.4, 0.5) is 5.82 Å². The third kappa shape index (κ3) is 2.65. The average molecular weight is 243 g/mol. The van der Waals surface area contributed by atoms with Crippen molar-refractivity contribution in [2.75, 3.05) is 19.0 Å². The zero-order valence-electron chi connectivity index (χ0n) is 10.8. The molecule has 0 aliphatic heterocycles. The number of aliphatic hydroxyl groups excluding tert-OH is 1. The fourth-order valence-corrected chi connectivity index (χ4v) is 1.75. The van der Waals surface area contributed by atoms with Crippen molar-refractivity contribution in [1.29, 1.82) is 0 Å². The van der Waals surface area contributed by atoms with Gasteiger partial charge in [-0.3, -0.25) is 4.98 Å². The summed E-state index contributed by atoms with van der Waals surface area (Å²) >= 11 is 0. The van der Waals surface area contributed by atoms with Crippen LogP contribution in [-0.4, -0.2) is 29.2 Å². The Bertz CT molecular complexity index is 523. The van der Waals surface area contributed by atoms with Crippen molar-refractivity contribution in [3.8, 4) is 0 Å². The van der Waals surface area contributed by atoms with Gasteiger partial charge in [0.1, 0.15) is 11.9 Å². The van der Waals surface area contributed by atoms with Gasteiger partial charge in [-0.05, 0) is 30.7 Å². The van der Waals surface area contributed by atoms with Gasteiger partial charge in [0.25, 0.3) is 0 Å². The summed E-state index contributed by atoms with van der Waals surface area (Å²) in [7, 11) is 3.87. The Morgan fingerprint density at radius 2 is 1.89 bits per heavy atom. The second kappa shape index (κ2) is 5.14. The molecule has 4 heteroatoms. The maximum absolute atomic E-state index is 10.3. The molecule has 94 valence electrons. The van der Waals surface area contributed by atoms with Crippen LogP contribution in [0.5, 0.6) is 0 Å². The van der Waals surface area contributed by atoms with Crippen LogP contribution in [0.1, 0.15) is 22.9 Å². The van der Waals surface area contributed by atoms with Crippen molar-refractivity contribution >= 4 is 5.82 Å². The summed E-state index contributed by atoms with van der Waals surface area (Å²) in [5.41, 5.74) is 2.51. The van der Waals surface area contributed by atoms with Crippen LogP contribution in [0.15, 0.2) is 36.7 Å². The largest absolute Gasteiger partial charge is 0.384 e. The van der Waals surface area contributed by atoms with Gasteiger partial charge in [0.05, 0.1) is 0 Å². The maximum Gasteiger partial charge on any atom is 0.127 e. The smallest absolute Gasteiger partial charge is 0.127 e. The van der Waals surface area contributed by atoms with Crippen LogP contribution in [0, 0.1) is 6.92 Å². The minimum Gasteiger partial charge on any atom is -0.384 e. The second-order valence-corrected chi connectivity index (χ2v) is 4.48. The zero-order valence-corrected chi connectivity index (χ0v) is 10.8. The summed E-state index contributed by atoms with van der Waals surface area (Å²) in [6, 6.07) is 7.48. The lowest BCUT2D eigenvalue weighted by molar-refractivity contribution is 0.219. The lowest BCUT2D eigenvalue weighted by atomic mass is 10.0. The van der Waals surface area contributed by atoms with Gasteiger partial charge in [-0.15, -0.1) is 0 Å². The predicted molar refractivity (Wildman–Crippen MR) is 71.6 cm³/mol. The number of pyridine rings is 2. The molecule has 18 heavy (non-hydrogen) atoms. The molecule has 4 nitrogen and oxygen atoms in total. The molecule has 0 spiro atoms. The van der Waals surface area contributed by atoms with E-state index in [1.807, 2.05) is 50.2 Å². The molecule has 0 aliphatic carbocycles. The number of aryl methyl sites for hydroxylation is 1. The molecule has 1 atom stereocenters. The van der Waals surface area contributed by atoms with E-state index >= 15 is 0 Å². The van der Waals surface area contributed by atoms with Crippen LogP contribution < -0.4 is 4.90 Å². The van der Waals surface area contributed by atoms with Crippen LogP contribution >= 0.6 is 0 Å². The van der Waals surface area contributed by atoms with Crippen molar-refractivity contribution in [2.24, 2.45) is 0 Å². The summed E-state index contributed by atoms with van der Waals surface area (Å²) in [5, 5.41) is 10.3. The Labute approximate surface area is 107 Å². The summed E-state index contributed by atoms with van der Waals surface area (Å²) in [6.45, 7) is 1.91. The number of nitrogens with zero attached hydrogens (tertiary/aromatic N) is 3. The molecule has 2 aromatic rings. The van der Waals surface area contributed by atoms with Gasteiger partial charge in [-0.1, -0.05) is 6.07 Å². The Kier molecular flexibility index (Phi) is 3.58. The quantitative estimate of drug-likeness (QED) is 0.895. The molecule has 0 fully saturated rings. The molecule has 0 radical (unpaired) electrons. The summed E-state index contributed by atoms with van der Waals surface area (Å²) < 4.78 is 0. The standard InChI is InChI=1S/C14H17N3O/c1-10-8-11(6-7-15-10)14(18)12-4-5-13(16-9-12)17(2)3/h4-9,14,18H,1-3H3. The first-order valence-corrected chi connectivity index (χ1v) is 5.82. The third-order valence-corrected chi connectivity index (χ3v) is 2.78. The highest BCUT2D eigenvalue weighted by molar-refractivity contribution is 5.39. The first-order valence-electron chi connectivity index (χ1n) is 5.82. The number of hydrogen-bond acceptors (Lipinski definition) is 4. The Balaban J connectivity index is 2.26. The van der Waals surface area contributed by atoms with Crippen LogP contribution in [-0.2, 0) is 0 Å². The SMILES string of the molecule is Cc1cc(C(O)c2ccc(N(C)C)nc2)ccn1. The van der Waals surface area contributed by atoms with Gasteiger partial charge in [-0.25, -0.2) is 4.98 Å². The van der Waals surface area contributed by atoms with Crippen molar-refractivity contribution in [3.63, 3.8) is 0 Å². The number of rotatable bonds is 3. The van der Waals surface area contributed by atoms with E-state index in [1.54, 1.807) is 12.4 Å². The predicted octanol–water partition coefficient (Wildman–Crippen LogP) is 1.93. The van der Waals surface area contributed by atoms with E-state index in [-0.39, 0.29) is 0 Å². The number of aliphatic hydroxyl groups is 1. The Hall–Kier alpha value is -1.94. The van der Waals surface area contributed by atoms with Crippen molar-refractivity contribution < 1.29 is 5.11 Å². The van der Waals surface area contributed by atoms with E-state index in [1.165, 1.54) is 0 Å². The highest BCUT2D eigenvalue weighted by atomic mass is 16.3. The van der Waals surface area contributed by atoms with E-state index in [2.05, 4.69) is 9.97 Å². The molecule has 2 aromatic heterocycles. The van der Waals surface area contributed by atoms with Crippen molar-refractivity contribution in [2.45, 2.75) is 13.0 Å². The molecule has 2 heterocycles. The zero-order chi connectivity index (χ0) is 13.1. The van der Waals surface area contributed by atoms with E-state index in [9.17, 15) is 5.11 Å². The average Bonchev–Trinajstić information content (AvgIpc) is 2.38. The fourth-order valence-electron chi connectivity index (χ4n) is 1.75. The van der Waals surface area contributed by atoms with Gasteiger partial charge >= 0.3 is 0 Å². The second-order valence-electron chi connectivity index (χ2n) is 4.48. The van der Waals surface area contributed by atoms with E-state index < -0.39 is 6.10 Å². The molecule has 0 aromatic carbocycles. The molecule has 0 amide bonds.